The van der Waals surface area contributed by atoms with Gasteiger partial charge in [0.25, 0.3) is 0 Å². The fourth-order valence-corrected chi connectivity index (χ4v) is 2.54. The van der Waals surface area contributed by atoms with Crippen molar-refractivity contribution in [2.24, 2.45) is 0 Å². The van der Waals surface area contributed by atoms with Crippen LogP contribution < -0.4 is 0 Å². The smallest absolute Gasteiger partial charge is 0.0436 e. The van der Waals surface area contributed by atoms with Gasteiger partial charge in [-0.1, -0.05) is 24.6 Å². The van der Waals surface area contributed by atoms with Crippen molar-refractivity contribution in [1.82, 2.24) is 0 Å². The third kappa shape index (κ3) is 2.82. The van der Waals surface area contributed by atoms with Gasteiger partial charge in [-0.25, -0.2) is 0 Å². The van der Waals surface area contributed by atoms with Crippen LogP contribution in [0.15, 0.2) is 12.1 Å². The summed E-state index contributed by atoms with van der Waals surface area (Å²) in [5.41, 5.74) is 5.50. The Morgan fingerprint density at radius 1 is 1.13 bits per heavy atom. The Morgan fingerprint density at radius 2 is 1.67 bits per heavy atom. The molecular formula is C14H22O. The highest BCUT2D eigenvalue weighted by atomic mass is 16.3. The van der Waals surface area contributed by atoms with Crippen molar-refractivity contribution in [2.75, 3.05) is 6.61 Å². The van der Waals surface area contributed by atoms with Crippen molar-refractivity contribution in [3.8, 4) is 0 Å². The number of hydrogen-bond donors (Lipinski definition) is 1. The molecule has 0 heterocycles. The molecule has 1 rings (SSSR count). The molecule has 0 radical (unpaired) electrons. The molecule has 0 bridgehead atoms. The molecule has 0 saturated carbocycles. The molecule has 1 atom stereocenters. The minimum absolute atomic E-state index is 0.283. The third-order valence-electron chi connectivity index (χ3n) is 3.12. The molecule has 84 valence electrons. The van der Waals surface area contributed by atoms with E-state index in [0.29, 0.717) is 5.92 Å². The van der Waals surface area contributed by atoms with Crippen LogP contribution in [-0.2, 0) is 0 Å². The summed E-state index contributed by atoms with van der Waals surface area (Å²) in [6.07, 6.45) is 1.98. The van der Waals surface area contributed by atoms with Gasteiger partial charge in [0.15, 0.2) is 0 Å². The molecule has 0 aliphatic rings. The van der Waals surface area contributed by atoms with Gasteiger partial charge in [0.1, 0.15) is 0 Å². The van der Waals surface area contributed by atoms with E-state index in [9.17, 15) is 0 Å². The predicted octanol–water partition coefficient (Wildman–Crippen LogP) is 3.49. The number of aryl methyl sites for hydroxylation is 3. The molecule has 1 aromatic rings. The van der Waals surface area contributed by atoms with E-state index >= 15 is 0 Å². The Bertz CT molecular complexity index is 305. The summed E-state index contributed by atoms with van der Waals surface area (Å²) in [5.74, 6) is 0.510. The van der Waals surface area contributed by atoms with Crippen LogP contribution in [0.2, 0.25) is 0 Å². The molecule has 1 unspecified atom stereocenters. The Kier molecular flexibility index (Phi) is 4.34. The van der Waals surface area contributed by atoms with E-state index < -0.39 is 0 Å². The van der Waals surface area contributed by atoms with Gasteiger partial charge in [-0.3, -0.25) is 0 Å². The molecule has 1 N–H and O–H groups in total. The topological polar surface area (TPSA) is 20.2 Å². The van der Waals surface area contributed by atoms with Gasteiger partial charge in [-0.15, -0.1) is 0 Å². The second-order valence-electron chi connectivity index (χ2n) is 4.43. The second kappa shape index (κ2) is 5.32. The lowest BCUT2D eigenvalue weighted by atomic mass is 9.86. The zero-order valence-corrected chi connectivity index (χ0v) is 10.3. The van der Waals surface area contributed by atoms with Crippen LogP contribution in [0, 0.1) is 20.8 Å². The van der Waals surface area contributed by atoms with Crippen molar-refractivity contribution >= 4 is 0 Å². The summed E-state index contributed by atoms with van der Waals surface area (Å²) in [6, 6.07) is 4.48. The first kappa shape index (κ1) is 12.3. The first-order chi connectivity index (χ1) is 7.10. The lowest BCUT2D eigenvalue weighted by molar-refractivity contribution is 0.273. The van der Waals surface area contributed by atoms with Crippen molar-refractivity contribution < 1.29 is 5.11 Å². The van der Waals surface area contributed by atoms with Crippen molar-refractivity contribution in [1.29, 1.82) is 0 Å². The maximum absolute atomic E-state index is 9.07. The van der Waals surface area contributed by atoms with E-state index in [0.717, 1.165) is 12.8 Å². The summed E-state index contributed by atoms with van der Waals surface area (Å²) >= 11 is 0. The number of benzene rings is 1. The molecule has 1 nitrogen and oxygen atoms in total. The SMILES string of the molecule is CCC(CCO)c1c(C)cc(C)cc1C. The molecule has 1 heteroatoms. The maximum atomic E-state index is 9.07. The summed E-state index contributed by atoms with van der Waals surface area (Å²) < 4.78 is 0. The molecule has 0 aliphatic carbocycles. The molecule has 0 aliphatic heterocycles. The van der Waals surface area contributed by atoms with Crippen LogP contribution in [0.5, 0.6) is 0 Å². The van der Waals surface area contributed by atoms with Crippen LogP contribution in [0.25, 0.3) is 0 Å². The first-order valence-corrected chi connectivity index (χ1v) is 5.78. The standard InChI is InChI=1S/C14H22O/c1-5-13(6-7-15)14-11(3)8-10(2)9-12(14)4/h8-9,13,15H,5-7H2,1-4H3. The van der Waals surface area contributed by atoms with Gasteiger partial charge in [-0.2, -0.15) is 0 Å². The van der Waals surface area contributed by atoms with Gasteiger partial charge in [0.2, 0.25) is 0 Å². The molecule has 0 saturated heterocycles. The number of rotatable bonds is 4. The van der Waals surface area contributed by atoms with Crippen molar-refractivity contribution in [3.05, 3.63) is 34.4 Å². The lowest BCUT2D eigenvalue weighted by Crippen LogP contribution is -2.05. The van der Waals surface area contributed by atoms with Gasteiger partial charge in [-0.05, 0) is 56.2 Å². The minimum atomic E-state index is 0.283. The average Bonchev–Trinajstić information content (AvgIpc) is 2.14. The molecule has 0 fully saturated rings. The van der Waals surface area contributed by atoms with Crippen molar-refractivity contribution in [2.45, 2.75) is 46.5 Å². The predicted molar refractivity (Wildman–Crippen MR) is 65.4 cm³/mol. The monoisotopic (exact) mass is 206 g/mol. The molecular weight excluding hydrogens is 184 g/mol. The highest BCUT2D eigenvalue weighted by Crippen LogP contribution is 2.29. The zero-order valence-electron chi connectivity index (χ0n) is 10.3. The zero-order chi connectivity index (χ0) is 11.4. The van der Waals surface area contributed by atoms with E-state index in [-0.39, 0.29) is 6.61 Å². The molecule has 0 amide bonds. The Labute approximate surface area is 93.1 Å². The van der Waals surface area contributed by atoms with Crippen molar-refractivity contribution in [3.63, 3.8) is 0 Å². The number of aliphatic hydroxyl groups excluding tert-OH is 1. The van der Waals surface area contributed by atoms with Crippen LogP contribution in [0.3, 0.4) is 0 Å². The van der Waals surface area contributed by atoms with Crippen LogP contribution in [0.1, 0.15) is 47.9 Å². The fraction of sp³-hybridized carbons (Fsp3) is 0.571. The third-order valence-corrected chi connectivity index (χ3v) is 3.12. The number of aliphatic hydroxyl groups is 1. The Hall–Kier alpha value is -0.820. The summed E-state index contributed by atoms with van der Waals surface area (Å²) in [7, 11) is 0. The lowest BCUT2D eigenvalue weighted by Gasteiger charge is -2.20. The van der Waals surface area contributed by atoms with E-state index in [1.54, 1.807) is 0 Å². The quantitative estimate of drug-likeness (QED) is 0.799. The fourth-order valence-electron chi connectivity index (χ4n) is 2.54. The van der Waals surface area contributed by atoms with Gasteiger partial charge in [0.05, 0.1) is 0 Å². The molecule has 1 aromatic carbocycles. The summed E-state index contributed by atoms with van der Waals surface area (Å²) in [4.78, 5) is 0. The van der Waals surface area contributed by atoms with Crippen LogP contribution >= 0.6 is 0 Å². The van der Waals surface area contributed by atoms with Gasteiger partial charge < -0.3 is 5.11 Å². The summed E-state index contributed by atoms with van der Waals surface area (Å²) in [6.45, 7) is 8.96. The van der Waals surface area contributed by atoms with E-state index in [1.165, 1.54) is 22.3 Å². The highest BCUT2D eigenvalue weighted by molar-refractivity contribution is 5.39. The number of hydrogen-bond acceptors (Lipinski definition) is 1. The first-order valence-electron chi connectivity index (χ1n) is 5.78. The van der Waals surface area contributed by atoms with Crippen LogP contribution in [0.4, 0.5) is 0 Å². The van der Waals surface area contributed by atoms with E-state index in [1.807, 2.05) is 0 Å². The normalized spacial score (nSPS) is 12.9. The molecule has 0 aromatic heterocycles. The molecule has 0 spiro atoms. The van der Waals surface area contributed by atoms with E-state index in [4.69, 9.17) is 5.11 Å². The minimum Gasteiger partial charge on any atom is -0.396 e. The Balaban J connectivity index is 3.11. The second-order valence-corrected chi connectivity index (χ2v) is 4.43. The van der Waals surface area contributed by atoms with E-state index in [2.05, 4.69) is 39.8 Å². The van der Waals surface area contributed by atoms with Gasteiger partial charge >= 0.3 is 0 Å². The van der Waals surface area contributed by atoms with Crippen LogP contribution in [-0.4, -0.2) is 11.7 Å². The summed E-state index contributed by atoms with van der Waals surface area (Å²) in [5, 5.41) is 9.07. The maximum Gasteiger partial charge on any atom is 0.0436 e. The van der Waals surface area contributed by atoms with Gasteiger partial charge in [0, 0.05) is 6.61 Å². The average molecular weight is 206 g/mol. The largest absolute Gasteiger partial charge is 0.396 e. The highest BCUT2D eigenvalue weighted by Gasteiger charge is 2.14. The Morgan fingerprint density at radius 3 is 2.07 bits per heavy atom. The molecule has 15 heavy (non-hydrogen) atoms.